The van der Waals surface area contributed by atoms with Crippen molar-refractivity contribution in [2.75, 3.05) is 6.54 Å². The van der Waals surface area contributed by atoms with E-state index in [4.69, 9.17) is 12.2 Å². The van der Waals surface area contributed by atoms with E-state index in [9.17, 15) is 4.79 Å². The average molecular weight is 294 g/mol. The monoisotopic (exact) mass is 294 g/mol. The number of H-pyrrole nitrogens is 2. The first-order valence-electron chi connectivity index (χ1n) is 6.10. The quantitative estimate of drug-likeness (QED) is 0.828. The van der Waals surface area contributed by atoms with Crippen LogP contribution in [0, 0.1) is 11.7 Å². The molecule has 7 heteroatoms. The van der Waals surface area contributed by atoms with Gasteiger partial charge in [-0.15, -0.1) is 11.3 Å². The van der Waals surface area contributed by atoms with Crippen molar-refractivity contribution >= 4 is 23.6 Å². The molecule has 0 saturated carbocycles. The van der Waals surface area contributed by atoms with Crippen LogP contribution in [0.25, 0.3) is 0 Å². The summed E-state index contributed by atoms with van der Waals surface area (Å²) in [4.78, 5) is 25.5. The molecule has 100 valence electrons. The molecule has 3 heterocycles. The van der Waals surface area contributed by atoms with Gasteiger partial charge in [0.25, 0.3) is 5.56 Å². The zero-order valence-electron chi connectivity index (χ0n) is 10.5. The fraction of sp³-hybridized carbons (Fsp3) is 0.417. The Bertz CT molecular complexity index is 715. The Morgan fingerprint density at radius 2 is 2.37 bits per heavy atom. The van der Waals surface area contributed by atoms with Gasteiger partial charge in [-0.25, -0.2) is 4.98 Å². The number of thiazole rings is 1. The molecule has 2 N–H and O–H groups in total. The molecule has 0 spiro atoms. The first-order valence-corrected chi connectivity index (χ1v) is 7.32. The van der Waals surface area contributed by atoms with E-state index in [0.717, 1.165) is 35.8 Å². The normalized spacial score (nSPS) is 15.4. The number of hydrogen-bond acceptors (Lipinski definition) is 5. The van der Waals surface area contributed by atoms with Crippen LogP contribution in [0.15, 0.2) is 11.0 Å². The lowest BCUT2D eigenvalue weighted by atomic mass is 10.1. The van der Waals surface area contributed by atoms with Gasteiger partial charge in [-0.3, -0.25) is 14.7 Å². The third-order valence-electron chi connectivity index (χ3n) is 3.22. The third-order valence-corrected chi connectivity index (χ3v) is 4.32. The molecule has 2 aromatic heterocycles. The summed E-state index contributed by atoms with van der Waals surface area (Å²) in [7, 11) is 0. The zero-order chi connectivity index (χ0) is 13.4. The maximum absolute atomic E-state index is 11.9. The molecule has 0 aromatic carbocycles. The summed E-state index contributed by atoms with van der Waals surface area (Å²) in [5, 5.41) is 1.10. The largest absolute Gasteiger partial charge is 0.335 e. The van der Waals surface area contributed by atoms with Crippen LogP contribution in [0.3, 0.4) is 0 Å². The van der Waals surface area contributed by atoms with Crippen molar-refractivity contribution in [3.8, 4) is 0 Å². The lowest BCUT2D eigenvalue weighted by molar-refractivity contribution is 0.241. The van der Waals surface area contributed by atoms with Crippen molar-refractivity contribution in [2.24, 2.45) is 0 Å². The van der Waals surface area contributed by atoms with Crippen molar-refractivity contribution in [3.05, 3.63) is 42.5 Å². The molecule has 0 radical (unpaired) electrons. The van der Waals surface area contributed by atoms with Gasteiger partial charge in [0.2, 0.25) is 0 Å². The summed E-state index contributed by atoms with van der Waals surface area (Å²) in [5.41, 5.74) is 1.70. The molecule has 0 bridgehead atoms. The van der Waals surface area contributed by atoms with Gasteiger partial charge in [-0.05, 0) is 19.1 Å². The molecule has 5 nitrogen and oxygen atoms in total. The summed E-state index contributed by atoms with van der Waals surface area (Å²) in [6, 6.07) is 0. The fourth-order valence-corrected chi connectivity index (χ4v) is 3.36. The predicted molar refractivity (Wildman–Crippen MR) is 76.9 cm³/mol. The lowest BCUT2D eigenvalue weighted by Gasteiger charge is -2.26. The second kappa shape index (κ2) is 4.99. The molecule has 19 heavy (non-hydrogen) atoms. The van der Waals surface area contributed by atoms with E-state index in [-0.39, 0.29) is 5.56 Å². The number of aryl methyl sites for hydroxylation is 1. The van der Waals surface area contributed by atoms with Gasteiger partial charge < -0.3 is 4.98 Å². The van der Waals surface area contributed by atoms with E-state index in [2.05, 4.69) is 26.8 Å². The molecule has 0 atom stereocenters. The van der Waals surface area contributed by atoms with Crippen LogP contribution in [0.2, 0.25) is 0 Å². The van der Waals surface area contributed by atoms with E-state index in [1.54, 1.807) is 11.3 Å². The van der Waals surface area contributed by atoms with Gasteiger partial charge in [0.05, 0.1) is 12.1 Å². The van der Waals surface area contributed by atoms with Crippen LogP contribution in [0.1, 0.15) is 21.1 Å². The molecule has 0 fully saturated rings. The van der Waals surface area contributed by atoms with Gasteiger partial charge in [0.1, 0.15) is 5.01 Å². The summed E-state index contributed by atoms with van der Waals surface area (Å²) < 4.78 is 0.410. The smallest absolute Gasteiger partial charge is 0.256 e. The standard InChI is InChI=1S/C12H14N4OS2/c1-7-4-13-10(19-7)6-16-3-2-9-8(5-16)11(17)15-12(18)14-9/h4H,2-3,5-6H2,1H3,(H2,14,15,17,18). The van der Waals surface area contributed by atoms with Crippen LogP contribution in [-0.4, -0.2) is 26.4 Å². The van der Waals surface area contributed by atoms with Gasteiger partial charge in [0.15, 0.2) is 4.77 Å². The van der Waals surface area contributed by atoms with Crippen molar-refractivity contribution in [1.29, 1.82) is 0 Å². The van der Waals surface area contributed by atoms with Crippen molar-refractivity contribution in [3.63, 3.8) is 0 Å². The number of aromatic nitrogens is 3. The Morgan fingerprint density at radius 1 is 1.53 bits per heavy atom. The summed E-state index contributed by atoms with van der Waals surface area (Å²) in [5.74, 6) is 0. The van der Waals surface area contributed by atoms with E-state index >= 15 is 0 Å². The van der Waals surface area contributed by atoms with Gasteiger partial charge in [-0.2, -0.15) is 0 Å². The highest BCUT2D eigenvalue weighted by molar-refractivity contribution is 7.71. The van der Waals surface area contributed by atoms with Crippen LogP contribution in [0.4, 0.5) is 0 Å². The van der Waals surface area contributed by atoms with Crippen LogP contribution in [0.5, 0.6) is 0 Å². The Kier molecular flexibility index (Phi) is 3.34. The number of nitrogens with one attached hydrogen (secondary N) is 2. The summed E-state index contributed by atoms with van der Waals surface area (Å²) in [6.45, 7) is 4.42. The molecule has 0 unspecified atom stereocenters. The van der Waals surface area contributed by atoms with Crippen LogP contribution in [-0.2, 0) is 19.5 Å². The highest BCUT2D eigenvalue weighted by Gasteiger charge is 2.20. The van der Waals surface area contributed by atoms with E-state index in [0.29, 0.717) is 11.3 Å². The molecule has 0 aliphatic carbocycles. The fourth-order valence-electron chi connectivity index (χ4n) is 2.31. The summed E-state index contributed by atoms with van der Waals surface area (Å²) in [6.07, 6.45) is 2.72. The topological polar surface area (TPSA) is 64.8 Å². The lowest BCUT2D eigenvalue weighted by Crippen LogP contribution is -2.35. The second-order valence-corrected chi connectivity index (χ2v) is 6.42. The minimum atomic E-state index is -0.0706. The first-order chi connectivity index (χ1) is 9.11. The average Bonchev–Trinajstić information content (AvgIpc) is 2.75. The minimum absolute atomic E-state index is 0.0706. The van der Waals surface area contributed by atoms with Crippen LogP contribution >= 0.6 is 23.6 Å². The van der Waals surface area contributed by atoms with Crippen molar-refractivity contribution < 1.29 is 0 Å². The Labute approximate surface area is 119 Å². The zero-order valence-corrected chi connectivity index (χ0v) is 12.2. The van der Waals surface area contributed by atoms with Crippen LogP contribution < -0.4 is 5.56 Å². The number of nitrogens with zero attached hydrogens (tertiary/aromatic N) is 2. The molecule has 0 amide bonds. The van der Waals surface area contributed by atoms with E-state index < -0.39 is 0 Å². The maximum Gasteiger partial charge on any atom is 0.256 e. The highest BCUT2D eigenvalue weighted by atomic mass is 32.1. The first kappa shape index (κ1) is 12.7. The highest BCUT2D eigenvalue weighted by Crippen LogP contribution is 2.18. The van der Waals surface area contributed by atoms with Crippen molar-refractivity contribution in [1.82, 2.24) is 19.9 Å². The Balaban J connectivity index is 1.82. The molecule has 1 aliphatic rings. The number of aromatic amines is 2. The molecule has 0 saturated heterocycles. The van der Waals surface area contributed by atoms with Gasteiger partial charge in [0, 0.05) is 36.3 Å². The molecule has 3 rings (SSSR count). The van der Waals surface area contributed by atoms with Gasteiger partial charge >= 0.3 is 0 Å². The number of hydrogen-bond donors (Lipinski definition) is 2. The second-order valence-electron chi connectivity index (χ2n) is 4.69. The summed E-state index contributed by atoms with van der Waals surface area (Å²) >= 11 is 6.70. The van der Waals surface area contributed by atoms with Crippen molar-refractivity contribution in [2.45, 2.75) is 26.4 Å². The molecular formula is C12H14N4OS2. The SMILES string of the molecule is Cc1cnc(CN2CCc3[nH]c(=S)[nH]c(=O)c3C2)s1. The number of fused-ring (bicyclic) bond motifs is 1. The number of rotatable bonds is 2. The molecule has 2 aromatic rings. The van der Waals surface area contributed by atoms with E-state index in [1.807, 2.05) is 6.20 Å². The van der Waals surface area contributed by atoms with E-state index in [1.165, 1.54) is 4.88 Å². The third kappa shape index (κ3) is 2.68. The van der Waals surface area contributed by atoms with Gasteiger partial charge in [-0.1, -0.05) is 0 Å². The predicted octanol–water partition coefficient (Wildman–Crippen LogP) is 1.76. The molecular weight excluding hydrogens is 280 g/mol. The Hall–Kier alpha value is -1.31. The molecule has 1 aliphatic heterocycles. The Morgan fingerprint density at radius 3 is 3.11 bits per heavy atom. The minimum Gasteiger partial charge on any atom is -0.335 e. The maximum atomic E-state index is 11.9.